The van der Waals surface area contributed by atoms with E-state index in [1.54, 1.807) is 14.2 Å². The summed E-state index contributed by atoms with van der Waals surface area (Å²) in [5.41, 5.74) is 1.01. The molecule has 0 bridgehead atoms. The number of carbonyl (C=O) groups excluding carboxylic acids is 1. The third-order valence-electron chi connectivity index (χ3n) is 4.16. The van der Waals surface area contributed by atoms with E-state index in [0.29, 0.717) is 32.6 Å². The first-order valence-electron chi connectivity index (χ1n) is 7.83. The molecular formula is C17H25NO5. The minimum Gasteiger partial charge on any atom is -0.496 e. The molecule has 1 saturated heterocycles. The average molecular weight is 323 g/mol. The van der Waals surface area contributed by atoms with E-state index < -0.39 is 6.10 Å². The summed E-state index contributed by atoms with van der Waals surface area (Å²) >= 11 is 0. The van der Waals surface area contributed by atoms with Crippen molar-refractivity contribution in [2.24, 2.45) is 5.92 Å². The Morgan fingerprint density at radius 3 is 2.87 bits per heavy atom. The van der Waals surface area contributed by atoms with Gasteiger partial charge in [0, 0.05) is 26.0 Å². The van der Waals surface area contributed by atoms with Crippen molar-refractivity contribution in [1.29, 1.82) is 0 Å². The van der Waals surface area contributed by atoms with E-state index in [1.165, 1.54) is 0 Å². The highest BCUT2D eigenvalue weighted by atomic mass is 16.5. The predicted octanol–water partition coefficient (Wildman–Crippen LogP) is 0.766. The number of hydrogen-bond donors (Lipinski definition) is 2. The van der Waals surface area contributed by atoms with Crippen LogP contribution in [0.2, 0.25) is 0 Å². The highest BCUT2D eigenvalue weighted by molar-refractivity contribution is 5.76. The van der Waals surface area contributed by atoms with Gasteiger partial charge in [-0.25, -0.2) is 0 Å². The van der Waals surface area contributed by atoms with Gasteiger partial charge >= 0.3 is 0 Å². The van der Waals surface area contributed by atoms with Crippen LogP contribution in [0.1, 0.15) is 12.0 Å². The smallest absolute Gasteiger partial charge is 0.220 e. The van der Waals surface area contributed by atoms with Crippen LogP contribution in [0.4, 0.5) is 0 Å². The molecule has 0 saturated carbocycles. The van der Waals surface area contributed by atoms with Gasteiger partial charge in [0.1, 0.15) is 11.9 Å². The van der Waals surface area contributed by atoms with Gasteiger partial charge in [0.25, 0.3) is 0 Å². The van der Waals surface area contributed by atoms with Crippen LogP contribution in [-0.4, -0.2) is 57.2 Å². The fourth-order valence-corrected chi connectivity index (χ4v) is 2.71. The third-order valence-corrected chi connectivity index (χ3v) is 4.16. The van der Waals surface area contributed by atoms with Crippen LogP contribution in [0.3, 0.4) is 0 Å². The van der Waals surface area contributed by atoms with E-state index in [0.717, 1.165) is 11.3 Å². The Labute approximate surface area is 136 Å². The molecule has 1 heterocycles. The van der Waals surface area contributed by atoms with Gasteiger partial charge in [-0.1, -0.05) is 18.2 Å². The van der Waals surface area contributed by atoms with Crippen molar-refractivity contribution in [2.75, 3.05) is 34.0 Å². The van der Waals surface area contributed by atoms with Gasteiger partial charge in [-0.2, -0.15) is 0 Å². The summed E-state index contributed by atoms with van der Waals surface area (Å²) in [5.74, 6) is 0.589. The molecule has 0 radical (unpaired) electrons. The number of aliphatic hydroxyl groups excluding tert-OH is 1. The van der Waals surface area contributed by atoms with E-state index in [-0.39, 0.29) is 17.9 Å². The molecule has 0 aliphatic carbocycles. The number of para-hydroxylation sites is 1. The standard InChI is InChI=1S/C17H25NO5/c1-21-14-6-4-3-5-12(14)7-8-16(19)18-9-13-10-23-11-15(22-2)17(13)20/h3-6,13,15,17,20H,7-11H2,1-2H3,(H,18,19)/t13-,15-,17+/m1/s1. The molecule has 0 spiro atoms. The molecule has 1 aliphatic heterocycles. The number of methoxy groups -OCH3 is 2. The lowest BCUT2D eigenvalue weighted by atomic mass is 9.96. The van der Waals surface area contributed by atoms with Crippen molar-refractivity contribution in [2.45, 2.75) is 25.0 Å². The molecule has 0 aromatic heterocycles. The number of nitrogens with one attached hydrogen (secondary N) is 1. The summed E-state index contributed by atoms with van der Waals surface area (Å²) in [7, 11) is 3.17. The number of aliphatic hydroxyl groups is 1. The first-order chi connectivity index (χ1) is 11.2. The maximum Gasteiger partial charge on any atom is 0.220 e. The normalized spacial score (nSPS) is 24.2. The second-order valence-electron chi connectivity index (χ2n) is 5.68. The molecule has 6 heteroatoms. The molecule has 6 nitrogen and oxygen atoms in total. The minimum atomic E-state index is -0.622. The summed E-state index contributed by atoms with van der Waals surface area (Å²) in [6.07, 6.45) is 0.0281. The third kappa shape index (κ3) is 4.92. The Hall–Kier alpha value is -1.63. The zero-order valence-corrected chi connectivity index (χ0v) is 13.7. The summed E-state index contributed by atoms with van der Waals surface area (Å²) < 4.78 is 15.8. The first kappa shape index (κ1) is 17.7. The van der Waals surface area contributed by atoms with Crippen molar-refractivity contribution in [3.63, 3.8) is 0 Å². The quantitative estimate of drug-likeness (QED) is 0.775. The van der Waals surface area contributed by atoms with Crippen LogP contribution < -0.4 is 10.1 Å². The lowest BCUT2D eigenvalue weighted by Crippen LogP contribution is -2.49. The molecule has 1 fully saturated rings. The van der Waals surface area contributed by atoms with Gasteiger partial charge < -0.3 is 24.6 Å². The molecule has 1 aromatic carbocycles. The molecule has 1 aliphatic rings. The van der Waals surface area contributed by atoms with E-state index >= 15 is 0 Å². The Bertz CT molecular complexity index is 508. The Kier molecular flexibility index (Phi) is 6.83. The van der Waals surface area contributed by atoms with Gasteiger partial charge in [-0.3, -0.25) is 4.79 Å². The summed E-state index contributed by atoms with van der Waals surface area (Å²) in [5, 5.41) is 13.0. The monoisotopic (exact) mass is 323 g/mol. The van der Waals surface area contributed by atoms with E-state index in [1.807, 2.05) is 24.3 Å². The molecule has 23 heavy (non-hydrogen) atoms. The van der Waals surface area contributed by atoms with Gasteiger partial charge in [0.05, 0.1) is 26.4 Å². The predicted molar refractivity (Wildman–Crippen MR) is 85.4 cm³/mol. The summed E-state index contributed by atoms with van der Waals surface area (Å²) in [6.45, 7) is 1.19. The first-order valence-corrected chi connectivity index (χ1v) is 7.83. The molecule has 2 rings (SSSR count). The SMILES string of the molecule is COc1ccccc1CCC(=O)NC[C@@H]1COC[C@@H](OC)[C@H]1O. The van der Waals surface area contributed by atoms with Crippen molar-refractivity contribution >= 4 is 5.91 Å². The lowest BCUT2D eigenvalue weighted by Gasteiger charge is -2.33. The van der Waals surface area contributed by atoms with Crippen LogP contribution in [0.15, 0.2) is 24.3 Å². The molecular weight excluding hydrogens is 298 g/mol. The second-order valence-corrected chi connectivity index (χ2v) is 5.68. The second kappa shape index (κ2) is 8.86. The number of amides is 1. The van der Waals surface area contributed by atoms with E-state index in [9.17, 15) is 9.90 Å². The van der Waals surface area contributed by atoms with Crippen LogP contribution in [0.5, 0.6) is 5.75 Å². The summed E-state index contributed by atoms with van der Waals surface area (Å²) in [4.78, 5) is 12.0. The fraction of sp³-hybridized carbons (Fsp3) is 0.588. The van der Waals surface area contributed by atoms with E-state index in [2.05, 4.69) is 5.32 Å². The van der Waals surface area contributed by atoms with Gasteiger partial charge in [0.2, 0.25) is 5.91 Å². The Balaban J connectivity index is 1.77. The maximum absolute atomic E-state index is 12.0. The van der Waals surface area contributed by atoms with Crippen LogP contribution in [0, 0.1) is 5.92 Å². The summed E-state index contributed by atoms with van der Waals surface area (Å²) in [6, 6.07) is 7.66. The van der Waals surface area contributed by atoms with Crippen LogP contribution >= 0.6 is 0 Å². The molecule has 2 N–H and O–H groups in total. The molecule has 128 valence electrons. The van der Waals surface area contributed by atoms with Crippen molar-refractivity contribution in [3.05, 3.63) is 29.8 Å². The number of carbonyl (C=O) groups is 1. The number of ether oxygens (including phenoxy) is 3. The molecule has 1 amide bonds. The van der Waals surface area contributed by atoms with Crippen LogP contribution in [-0.2, 0) is 20.7 Å². The number of hydrogen-bond acceptors (Lipinski definition) is 5. The maximum atomic E-state index is 12.0. The van der Waals surface area contributed by atoms with Crippen LogP contribution in [0.25, 0.3) is 0 Å². The number of rotatable bonds is 7. The van der Waals surface area contributed by atoms with Gasteiger partial charge in [-0.15, -0.1) is 0 Å². The van der Waals surface area contributed by atoms with Gasteiger partial charge in [0.15, 0.2) is 0 Å². The largest absolute Gasteiger partial charge is 0.496 e. The number of benzene rings is 1. The molecule has 0 unspecified atom stereocenters. The van der Waals surface area contributed by atoms with Gasteiger partial charge in [-0.05, 0) is 18.1 Å². The number of aryl methyl sites for hydroxylation is 1. The fourth-order valence-electron chi connectivity index (χ4n) is 2.71. The zero-order chi connectivity index (χ0) is 16.7. The molecule has 1 aromatic rings. The minimum absolute atomic E-state index is 0.0531. The Morgan fingerprint density at radius 1 is 1.35 bits per heavy atom. The van der Waals surface area contributed by atoms with E-state index in [4.69, 9.17) is 14.2 Å². The van der Waals surface area contributed by atoms with Crippen molar-refractivity contribution in [1.82, 2.24) is 5.32 Å². The molecule has 3 atom stereocenters. The average Bonchev–Trinajstić information content (AvgIpc) is 2.59. The van der Waals surface area contributed by atoms with Crippen molar-refractivity contribution in [3.8, 4) is 5.75 Å². The lowest BCUT2D eigenvalue weighted by molar-refractivity contribution is -0.136. The highest BCUT2D eigenvalue weighted by Crippen LogP contribution is 2.19. The van der Waals surface area contributed by atoms with Crippen molar-refractivity contribution < 1.29 is 24.1 Å². The zero-order valence-electron chi connectivity index (χ0n) is 13.7. The highest BCUT2D eigenvalue weighted by Gasteiger charge is 2.32. The Morgan fingerprint density at radius 2 is 2.13 bits per heavy atom. The topological polar surface area (TPSA) is 77.0 Å².